The highest BCUT2D eigenvalue weighted by Gasteiger charge is 2.48. The average molecular weight is 476 g/mol. The van der Waals surface area contributed by atoms with E-state index in [1.54, 1.807) is 0 Å². The van der Waals surface area contributed by atoms with E-state index in [0.717, 1.165) is 23.9 Å². The number of anilines is 1. The maximum Gasteiger partial charge on any atom is 0.338 e. The summed E-state index contributed by atoms with van der Waals surface area (Å²) < 4.78 is 6.51. The lowest BCUT2D eigenvalue weighted by Gasteiger charge is -2.51. The van der Waals surface area contributed by atoms with Crippen LogP contribution in [-0.4, -0.2) is 19.1 Å². The fourth-order valence-corrected chi connectivity index (χ4v) is 6.61. The van der Waals surface area contributed by atoms with Gasteiger partial charge in [-0.3, -0.25) is 0 Å². The number of nitrogens with zero attached hydrogens (tertiary/aromatic N) is 1. The fourth-order valence-electron chi connectivity index (χ4n) is 6.35. The number of carbonyl (C=O) groups excluding carboxylic acids is 1. The monoisotopic (exact) mass is 475 g/mol. The van der Waals surface area contributed by atoms with E-state index in [1.807, 2.05) is 6.92 Å². The molecule has 0 saturated carbocycles. The Bertz CT molecular complexity index is 1090. The quantitative estimate of drug-likeness (QED) is 0.373. The van der Waals surface area contributed by atoms with Crippen molar-refractivity contribution in [1.82, 2.24) is 0 Å². The van der Waals surface area contributed by atoms with Crippen LogP contribution in [0.1, 0.15) is 64.7 Å². The van der Waals surface area contributed by atoms with Gasteiger partial charge in [0, 0.05) is 28.5 Å². The SMILES string of the molecule is CCOC(=O)c1cc2c3c(c1)C1C=CCC1C(c1ccc(Br)cc1)N3CC1CC=CC21. The number of hydrogen-bond acceptors (Lipinski definition) is 3. The van der Waals surface area contributed by atoms with Gasteiger partial charge in [-0.2, -0.15) is 0 Å². The van der Waals surface area contributed by atoms with Gasteiger partial charge < -0.3 is 9.64 Å². The molecule has 3 nitrogen and oxygen atoms in total. The minimum absolute atomic E-state index is 0.203. The Hall–Kier alpha value is -2.33. The highest BCUT2D eigenvalue weighted by atomic mass is 79.9. The molecule has 0 aromatic heterocycles. The van der Waals surface area contributed by atoms with E-state index in [9.17, 15) is 4.79 Å². The maximum absolute atomic E-state index is 12.7. The first-order chi connectivity index (χ1) is 15.2. The number of rotatable bonds is 3. The molecule has 0 saturated heterocycles. The second-order valence-electron chi connectivity index (χ2n) is 9.18. The lowest BCUT2D eigenvalue weighted by molar-refractivity contribution is 0.0526. The van der Waals surface area contributed by atoms with E-state index in [1.165, 1.54) is 22.4 Å². The Morgan fingerprint density at radius 1 is 1.06 bits per heavy atom. The van der Waals surface area contributed by atoms with E-state index in [-0.39, 0.29) is 5.97 Å². The molecule has 0 fully saturated rings. The Balaban J connectivity index is 1.56. The molecule has 158 valence electrons. The van der Waals surface area contributed by atoms with Gasteiger partial charge in [0.15, 0.2) is 0 Å². The molecule has 0 spiro atoms. The number of benzene rings is 2. The summed E-state index contributed by atoms with van der Waals surface area (Å²) in [5.74, 6) is 1.60. The molecule has 31 heavy (non-hydrogen) atoms. The van der Waals surface area contributed by atoms with E-state index in [4.69, 9.17) is 4.74 Å². The summed E-state index contributed by atoms with van der Waals surface area (Å²) in [6, 6.07) is 13.5. The van der Waals surface area contributed by atoms with Crippen molar-refractivity contribution in [2.24, 2.45) is 11.8 Å². The summed E-state index contributed by atoms with van der Waals surface area (Å²) in [7, 11) is 0. The van der Waals surface area contributed by atoms with E-state index >= 15 is 0 Å². The first-order valence-electron chi connectivity index (χ1n) is 11.4. The predicted molar refractivity (Wildman–Crippen MR) is 127 cm³/mol. The van der Waals surface area contributed by atoms with Crippen molar-refractivity contribution in [3.8, 4) is 0 Å². The molecule has 2 aromatic carbocycles. The molecule has 5 unspecified atom stereocenters. The molecule has 0 N–H and O–H groups in total. The second kappa shape index (κ2) is 7.37. The molecule has 0 bridgehead atoms. The lowest BCUT2D eigenvalue weighted by Crippen LogP contribution is -2.46. The maximum atomic E-state index is 12.7. The number of carbonyl (C=O) groups is 1. The lowest BCUT2D eigenvalue weighted by atomic mass is 9.70. The normalized spacial score (nSPS) is 29.5. The molecule has 6 rings (SSSR count). The van der Waals surface area contributed by atoms with Crippen molar-refractivity contribution in [3.05, 3.63) is 87.4 Å². The molecule has 0 radical (unpaired) electrons. The molecule has 2 aromatic rings. The van der Waals surface area contributed by atoms with Crippen molar-refractivity contribution in [3.63, 3.8) is 0 Å². The van der Waals surface area contributed by atoms with Gasteiger partial charge in [0.25, 0.3) is 0 Å². The first kappa shape index (κ1) is 19.4. The van der Waals surface area contributed by atoms with E-state index in [2.05, 4.69) is 81.5 Å². The van der Waals surface area contributed by atoms with Gasteiger partial charge >= 0.3 is 5.97 Å². The van der Waals surface area contributed by atoms with Gasteiger partial charge in [0.05, 0.1) is 18.2 Å². The summed E-state index contributed by atoms with van der Waals surface area (Å²) >= 11 is 3.60. The van der Waals surface area contributed by atoms with Crippen LogP contribution in [0.3, 0.4) is 0 Å². The molecule has 4 aliphatic rings. The van der Waals surface area contributed by atoms with Gasteiger partial charge in [-0.1, -0.05) is 52.4 Å². The predicted octanol–water partition coefficient (Wildman–Crippen LogP) is 6.52. The molecule has 2 aliphatic carbocycles. The van der Waals surface area contributed by atoms with Crippen LogP contribution in [0.15, 0.2) is 65.2 Å². The first-order valence-corrected chi connectivity index (χ1v) is 12.2. The average Bonchev–Trinajstić information content (AvgIpc) is 3.44. The Morgan fingerprint density at radius 3 is 2.55 bits per heavy atom. The van der Waals surface area contributed by atoms with Crippen LogP contribution < -0.4 is 4.90 Å². The van der Waals surface area contributed by atoms with Crippen molar-refractivity contribution < 1.29 is 9.53 Å². The molecule has 2 heterocycles. The smallest absolute Gasteiger partial charge is 0.338 e. The van der Waals surface area contributed by atoms with Gasteiger partial charge in [-0.05, 0) is 72.6 Å². The number of esters is 1. The summed E-state index contributed by atoms with van der Waals surface area (Å²) in [4.78, 5) is 15.4. The van der Waals surface area contributed by atoms with Gasteiger partial charge in [0.1, 0.15) is 0 Å². The van der Waals surface area contributed by atoms with Crippen molar-refractivity contribution in [1.29, 1.82) is 0 Å². The number of hydrogen-bond donors (Lipinski definition) is 0. The standard InChI is InChI=1S/C27H26BrNO2/c1-2-31-27(30)18-13-23-20-6-3-5-17(20)15-29-25(16-9-11-19(28)12-10-16)22-8-4-7-21(22)24(14-18)26(23)29/h3-4,6-7,9-14,17,20-22,25H,2,5,8,15H2,1H3. The van der Waals surface area contributed by atoms with Crippen LogP contribution in [0, 0.1) is 11.8 Å². The third-order valence-electron chi connectivity index (χ3n) is 7.57. The zero-order valence-electron chi connectivity index (χ0n) is 17.6. The van der Waals surface area contributed by atoms with Gasteiger partial charge in [-0.15, -0.1) is 0 Å². The van der Waals surface area contributed by atoms with Crippen LogP contribution >= 0.6 is 15.9 Å². The highest BCUT2D eigenvalue weighted by molar-refractivity contribution is 9.10. The summed E-state index contributed by atoms with van der Waals surface area (Å²) in [5, 5.41) is 0. The number of ether oxygens (including phenoxy) is 1. The van der Waals surface area contributed by atoms with Crippen LogP contribution in [0.5, 0.6) is 0 Å². The zero-order chi connectivity index (χ0) is 21.1. The Labute approximate surface area is 191 Å². The third kappa shape index (κ3) is 2.95. The topological polar surface area (TPSA) is 29.5 Å². The Kier molecular flexibility index (Phi) is 4.60. The molecular weight excluding hydrogens is 450 g/mol. The van der Waals surface area contributed by atoms with E-state index < -0.39 is 0 Å². The summed E-state index contributed by atoms with van der Waals surface area (Å²) in [6.45, 7) is 3.34. The third-order valence-corrected chi connectivity index (χ3v) is 8.10. The summed E-state index contributed by atoms with van der Waals surface area (Å²) in [5.41, 5.74) is 6.08. The largest absolute Gasteiger partial charge is 0.462 e. The Morgan fingerprint density at radius 2 is 1.77 bits per heavy atom. The number of fused-ring (bicyclic) bond motifs is 4. The summed E-state index contributed by atoms with van der Waals surface area (Å²) in [6.07, 6.45) is 11.6. The second-order valence-corrected chi connectivity index (χ2v) is 10.1. The zero-order valence-corrected chi connectivity index (χ0v) is 19.2. The van der Waals surface area contributed by atoms with Crippen molar-refractivity contribution >= 4 is 27.6 Å². The molecule has 5 atom stereocenters. The van der Waals surface area contributed by atoms with Crippen molar-refractivity contribution in [2.75, 3.05) is 18.1 Å². The van der Waals surface area contributed by atoms with Crippen molar-refractivity contribution in [2.45, 2.75) is 37.6 Å². The molecular formula is C27H26BrNO2. The molecule has 2 aliphatic heterocycles. The minimum atomic E-state index is -0.203. The van der Waals surface area contributed by atoms with Crippen LogP contribution in [0.4, 0.5) is 5.69 Å². The molecule has 4 heteroatoms. The van der Waals surface area contributed by atoms with Gasteiger partial charge in [-0.25, -0.2) is 4.79 Å². The highest BCUT2D eigenvalue weighted by Crippen LogP contribution is 2.59. The minimum Gasteiger partial charge on any atom is -0.462 e. The number of allylic oxidation sites excluding steroid dienone is 4. The fraction of sp³-hybridized carbons (Fsp3) is 0.370. The molecule has 0 amide bonds. The van der Waals surface area contributed by atoms with Crippen LogP contribution in [0.25, 0.3) is 0 Å². The van der Waals surface area contributed by atoms with Crippen LogP contribution in [0.2, 0.25) is 0 Å². The van der Waals surface area contributed by atoms with E-state index in [0.29, 0.717) is 41.9 Å². The van der Waals surface area contributed by atoms with Gasteiger partial charge in [0.2, 0.25) is 0 Å². The number of halogens is 1. The van der Waals surface area contributed by atoms with Crippen LogP contribution in [-0.2, 0) is 4.74 Å².